The van der Waals surface area contributed by atoms with Crippen LogP contribution in [-0.2, 0) is 0 Å². The Hall–Kier alpha value is -2.73. The minimum Gasteiger partial charge on any atom is -0.497 e. The summed E-state index contributed by atoms with van der Waals surface area (Å²) in [6, 6.07) is 14.1. The third kappa shape index (κ3) is 3.14. The smallest absolute Gasteiger partial charge is 0.165 e. The lowest BCUT2D eigenvalue weighted by atomic mass is 10.00. The van der Waals surface area contributed by atoms with E-state index in [-0.39, 0.29) is 5.75 Å². The van der Waals surface area contributed by atoms with Gasteiger partial charge in [-0.05, 0) is 42.0 Å². The van der Waals surface area contributed by atoms with Gasteiger partial charge in [0.2, 0.25) is 0 Å². The Balaban J connectivity index is 2.14. The van der Waals surface area contributed by atoms with Gasteiger partial charge in [0.25, 0.3) is 0 Å². The van der Waals surface area contributed by atoms with E-state index in [0.29, 0.717) is 15.9 Å². The van der Waals surface area contributed by atoms with Crippen LogP contribution in [0.25, 0.3) is 22.4 Å². The van der Waals surface area contributed by atoms with Crippen LogP contribution in [0.15, 0.2) is 48.5 Å². The molecule has 0 aliphatic rings. The number of halogens is 1. The summed E-state index contributed by atoms with van der Waals surface area (Å²) >= 11 is 5.19. The Labute approximate surface area is 143 Å². The van der Waals surface area contributed by atoms with Gasteiger partial charge in [0.1, 0.15) is 10.4 Å². The SMILES string of the molecule is COc1ccc(-c2cc(=S)[nH]nc2-c2ccc(OC)c(F)c2)cc1. The van der Waals surface area contributed by atoms with Gasteiger partial charge in [-0.3, -0.25) is 5.10 Å². The standard InChI is InChI=1S/C18H15FN2O2S/c1-22-13-6-3-11(4-7-13)14-10-17(24)20-21-18(14)12-5-8-16(23-2)15(19)9-12/h3-10H,1-2H3,(H,20,24). The summed E-state index contributed by atoms with van der Waals surface area (Å²) in [4.78, 5) is 0. The Kier molecular flexibility index (Phi) is 4.57. The van der Waals surface area contributed by atoms with E-state index in [2.05, 4.69) is 10.2 Å². The Morgan fingerprint density at radius 3 is 2.29 bits per heavy atom. The van der Waals surface area contributed by atoms with Crippen LogP contribution in [0.4, 0.5) is 4.39 Å². The monoisotopic (exact) mass is 342 g/mol. The number of methoxy groups -OCH3 is 2. The van der Waals surface area contributed by atoms with Gasteiger partial charge in [-0.25, -0.2) is 4.39 Å². The van der Waals surface area contributed by atoms with Crippen LogP contribution in [0.2, 0.25) is 0 Å². The van der Waals surface area contributed by atoms with Gasteiger partial charge in [-0.15, -0.1) is 0 Å². The zero-order valence-corrected chi connectivity index (χ0v) is 14.0. The molecule has 4 nitrogen and oxygen atoms in total. The van der Waals surface area contributed by atoms with Gasteiger partial charge in [0.05, 0.1) is 19.9 Å². The average molecular weight is 342 g/mol. The van der Waals surface area contributed by atoms with E-state index in [1.54, 1.807) is 19.2 Å². The van der Waals surface area contributed by atoms with Crippen LogP contribution < -0.4 is 9.47 Å². The highest BCUT2D eigenvalue weighted by atomic mass is 32.1. The van der Waals surface area contributed by atoms with Crippen molar-refractivity contribution in [3.8, 4) is 33.9 Å². The predicted molar refractivity (Wildman–Crippen MR) is 93.4 cm³/mol. The zero-order chi connectivity index (χ0) is 17.1. The minimum absolute atomic E-state index is 0.189. The van der Waals surface area contributed by atoms with Crippen molar-refractivity contribution in [2.75, 3.05) is 14.2 Å². The molecule has 0 unspecified atom stereocenters. The second-order valence-corrected chi connectivity index (χ2v) is 5.51. The molecule has 1 N–H and O–H groups in total. The van der Waals surface area contributed by atoms with Crippen LogP contribution in [0.5, 0.6) is 11.5 Å². The minimum atomic E-state index is -0.445. The normalized spacial score (nSPS) is 10.5. The maximum atomic E-state index is 14.0. The molecule has 0 bridgehead atoms. The summed E-state index contributed by atoms with van der Waals surface area (Å²) in [7, 11) is 3.04. The number of rotatable bonds is 4. The lowest BCUT2D eigenvalue weighted by Gasteiger charge is -2.10. The van der Waals surface area contributed by atoms with Crippen molar-refractivity contribution in [1.82, 2.24) is 10.2 Å². The summed E-state index contributed by atoms with van der Waals surface area (Å²) in [5.41, 5.74) is 2.96. The van der Waals surface area contributed by atoms with E-state index in [1.165, 1.54) is 13.2 Å². The number of aromatic amines is 1. The molecule has 2 aromatic carbocycles. The van der Waals surface area contributed by atoms with Crippen LogP contribution in [0.1, 0.15) is 0 Å². The molecular weight excluding hydrogens is 327 g/mol. The number of ether oxygens (including phenoxy) is 2. The Morgan fingerprint density at radius 1 is 0.958 bits per heavy atom. The van der Waals surface area contributed by atoms with Crippen molar-refractivity contribution in [2.24, 2.45) is 0 Å². The molecule has 1 heterocycles. The molecule has 3 aromatic rings. The van der Waals surface area contributed by atoms with Crippen molar-refractivity contribution in [1.29, 1.82) is 0 Å². The van der Waals surface area contributed by atoms with Crippen molar-refractivity contribution < 1.29 is 13.9 Å². The molecule has 6 heteroatoms. The molecule has 0 saturated carbocycles. The lowest BCUT2D eigenvalue weighted by Crippen LogP contribution is -1.95. The molecule has 3 rings (SSSR count). The Bertz CT molecular complexity index is 923. The summed E-state index contributed by atoms with van der Waals surface area (Å²) in [5, 5.41) is 7.06. The number of nitrogens with one attached hydrogen (secondary N) is 1. The maximum absolute atomic E-state index is 14.0. The molecule has 24 heavy (non-hydrogen) atoms. The number of aromatic nitrogens is 2. The average Bonchev–Trinajstić information content (AvgIpc) is 2.61. The first-order valence-corrected chi connectivity index (χ1v) is 7.61. The van der Waals surface area contributed by atoms with Crippen molar-refractivity contribution >= 4 is 12.2 Å². The number of H-pyrrole nitrogens is 1. The van der Waals surface area contributed by atoms with E-state index in [0.717, 1.165) is 16.9 Å². The Morgan fingerprint density at radius 2 is 1.67 bits per heavy atom. The number of hydrogen-bond acceptors (Lipinski definition) is 4. The first-order valence-electron chi connectivity index (χ1n) is 7.20. The topological polar surface area (TPSA) is 47.1 Å². The molecule has 0 radical (unpaired) electrons. The predicted octanol–water partition coefficient (Wildman–Crippen LogP) is 4.63. The highest BCUT2D eigenvalue weighted by molar-refractivity contribution is 7.71. The third-order valence-corrected chi connectivity index (χ3v) is 3.84. The molecule has 1 aromatic heterocycles. The first kappa shape index (κ1) is 16.1. The van der Waals surface area contributed by atoms with Crippen molar-refractivity contribution in [2.45, 2.75) is 0 Å². The second-order valence-electron chi connectivity index (χ2n) is 5.07. The van der Waals surface area contributed by atoms with E-state index in [1.807, 2.05) is 30.3 Å². The molecule has 0 spiro atoms. The van der Waals surface area contributed by atoms with Gasteiger partial charge >= 0.3 is 0 Å². The molecule has 0 saturated heterocycles. The van der Waals surface area contributed by atoms with Gasteiger partial charge < -0.3 is 9.47 Å². The zero-order valence-electron chi connectivity index (χ0n) is 13.2. The van der Waals surface area contributed by atoms with Gasteiger partial charge in [-0.2, -0.15) is 5.10 Å². The molecule has 0 fully saturated rings. The molecule has 0 aliphatic heterocycles. The van der Waals surface area contributed by atoms with E-state index in [4.69, 9.17) is 21.7 Å². The maximum Gasteiger partial charge on any atom is 0.165 e. The molecule has 122 valence electrons. The fraction of sp³-hybridized carbons (Fsp3) is 0.111. The second kappa shape index (κ2) is 6.80. The van der Waals surface area contributed by atoms with Crippen LogP contribution in [0.3, 0.4) is 0 Å². The summed E-state index contributed by atoms with van der Waals surface area (Å²) in [5.74, 6) is 0.499. The van der Waals surface area contributed by atoms with Gasteiger partial charge in [-0.1, -0.05) is 24.4 Å². The molecule has 0 atom stereocenters. The van der Waals surface area contributed by atoms with Gasteiger partial charge in [0, 0.05) is 11.1 Å². The van der Waals surface area contributed by atoms with E-state index < -0.39 is 5.82 Å². The summed E-state index contributed by atoms with van der Waals surface area (Å²) in [6.07, 6.45) is 0. The van der Waals surface area contributed by atoms with Crippen LogP contribution >= 0.6 is 12.2 Å². The summed E-state index contributed by atoms with van der Waals surface area (Å²) in [6.45, 7) is 0. The molecule has 0 aliphatic carbocycles. The lowest BCUT2D eigenvalue weighted by molar-refractivity contribution is 0.386. The fourth-order valence-corrected chi connectivity index (χ4v) is 2.59. The highest BCUT2D eigenvalue weighted by Gasteiger charge is 2.12. The third-order valence-electron chi connectivity index (χ3n) is 3.63. The number of hydrogen-bond donors (Lipinski definition) is 1. The van der Waals surface area contributed by atoms with Crippen molar-refractivity contribution in [3.63, 3.8) is 0 Å². The largest absolute Gasteiger partial charge is 0.497 e. The first-order chi connectivity index (χ1) is 11.6. The van der Waals surface area contributed by atoms with Gasteiger partial charge in [0.15, 0.2) is 11.6 Å². The quantitative estimate of drug-likeness (QED) is 0.702. The van der Waals surface area contributed by atoms with E-state index >= 15 is 0 Å². The van der Waals surface area contributed by atoms with Crippen LogP contribution in [-0.4, -0.2) is 24.4 Å². The van der Waals surface area contributed by atoms with E-state index in [9.17, 15) is 4.39 Å². The molecule has 0 amide bonds. The number of benzene rings is 2. The highest BCUT2D eigenvalue weighted by Crippen LogP contribution is 2.32. The van der Waals surface area contributed by atoms with Crippen LogP contribution in [0, 0.1) is 10.5 Å². The number of nitrogens with zero attached hydrogens (tertiary/aromatic N) is 1. The fourth-order valence-electron chi connectivity index (χ4n) is 2.43. The molecular formula is C18H15FN2O2S. The summed E-state index contributed by atoms with van der Waals surface area (Å²) < 4.78 is 24.7. The van der Waals surface area contributed by atoms with Crippen molar-refractivity contribution in [3.05, 3.63) is 59.0 Å².